The van der Waals surface area contributed by atoms with Crippen molar-refractivity contribution in [2.75, 3.05) is 18.0 Å². The predicted octanol–water partition coefficient (Wildman–Crippen LogP) is 3.47. The summed E-state index contributed by atoms with van der Waals surface area (Å²) in [6, 6.07) is 17.6. The van der Waals surface area contributed by atoms with Crippen LogP contribution in [0.2, 0.25) is 0 Å². The molecule has 0 radical (unpaired) electrons. The molecular weight excluding hydrogens is 390 g/mol. The van der Waals surface area contributed by atoms with Gasteiger partial charge in [0, 0.05) is 42.5 Å². The lowest BCUT2D eigenvalue weighted by molar-refractivity contribution is -0.359. The second kappa shape index (κ2) is 8.22. The number of pyridine rings is 1. The number of para-hydroxylation sites is 3. The van der Waals surface area contributed by atoms with Crippen molar-refractivity contribution >= 4 is 45.4 Å². The van der Waals surface area contributed by atoms with Crippen molar-refractivity contribution in [2.24, 2.45) is 0 Å². The Labute approximate surface area is 179 Å². The van der Waals surface area contributed by atoms with E-state index in [2.05, 4.69) is 16.0 Å². The first-order valence-electron chi connectivity index (χ1n) is 10.6. The van der Waals surface area contributed by atoms with Gasteiger partial charge in [0.2, 0.25) is 11.1 Å². The molecule has 4 aromatic rings. The highest BCUT2D eigenvalue weighted by Gasteiger charge is 2.21. The number of nitrogens with zero attached hydrogens (tertiary/aromatic N) is 2. The van der Waals surface area contributed by atoms with E-state index in [1.807, 2.05) is 54.6 Å². The molecule has 2 aromatic heterocycles. The van der Waals surface area contributed by atoms with Crippen LogP contribution >= 0.6 is 0 Å². The minimum Gasteiger partial charge on any atom is -0.550 e. The summed E-state index contributed by atoms with van der Waals surface area (Å²) < 4.78 is 5.93. The number of hydrogen-bond acceptors (Lipinski definition) is 5. The Hall–Kier alpha value is -3.67. The number of H-pyrrole nitrogens is 1. The molecule has 1 aliphatic heterocycles. The zero-order valence-corrected chi connectivity index (χ0v) is 17.1. The summed E-state index contributed by atoms with van der Waals surface area (Å²) in [5.74, 6) is 0.141. The van der Waals surface area contributed by atoms with Crippen LogP contribution in [-0.2, 0) is 4.79 Å². The van der Waals surface area contributed by atoms with Crippen LogP contribution < -0.4 is 15.0 Å². The molecule has 5 rings (SSSR count). The minimum atomic E-state index is -1.16. The van der Waals surface area contributed by atoms with Crippen molar-refractivity contribution in [2.45, 2.75) is 25.7 Å². The fourth-order valence-corrected chi connectivity index (χ4v) is 4.19. The minimum absolute atomic E-state index is 0.261. The number of piperidine rings is 1. The topological polar surface area (TPSA) is 83.5 Å². The molecule has 1 aliphatic rings. The number of carboxylic acid groups (broad SMARTS) is 1. The molecule has 1 saturated heterocycles. The number of anilines is 1. The van der Waals surface area contributed by atoms with Crippen molar-refractivity contribution in [3.05, 3.63) is 66.1 Å². The second-order valence-electron chi connectivity index (χ2n) is 7.91. The number of carboxylic acids is 1. The summed E-state index contributed by atoms with van der Waals surface area (Å²) in [5.41, 5.74) is 3.82. The standard InChI is InChI=1S/C25H23N3O3/c29-23(30)16-19(25-27-21-10-4-5-11-22(21)31-25)15-18-14-17-8-2-3-9-20(17)26-24(18)28-12-6-1-7-13-28/h2-5,8-11,14-15H,1,6-7,12-13,16H2,(H,29,30)/b19-15+. The number of rotatable bonds is 5. The molecule has 0 saturated carbocycles. The van der Waals surface area contributed by atoms with Gasteiger partial charge in [-0.2, -0.15) is 4.98 Å². The summed E-state index contributed by atoms with van der Waals surface area (Å²) in [5, 5.41) is 12.6. The van der Waals surface area contributed by atoms with Crippen LogP contribution in [0.5, 0.6) is 0 Å². The molecular formula is C25H23N3O3. The molecule has 2 aromatic carbocycles. The molecule has 1 N–H and O–H groups in total. The van der Waals surface area contributed by atoms with Crippen molar-refractivity contribution in [1.82, 2.24) is 4.98 Å². The summed E-state index contributed by atoms with van der Waals surface area (Å²) in [6.07, 6.45) is 5.08. The average Bonchev–Trinajstić information content (AvgIpc) is 3.23. The maximum Gasteiger partial charge on any atom is 0.376 e. The molecule has 0 atom stereocenters. The van der Waals surface area contributed by atoms with E-state index in [0.29, 0.717) is 17.0 Å². The molecule has 0 amide bonds. The van der Waals surface area contributed by atoms with Gasteiger partial charge < -0.3 is 19.2 Å². The van der Waals surface area contributed by atoms with Crippen LogP contribution in [0.25, 0.3) is 33.7 Å². The highest BCUT2D eigenvalue weighted by atomic mass is 16.4. The number of aromatic amines is 1. The van der Waals surface area contributed by atoms with Gasteiger partial charge in [-0.05, 0) is 43.5 Å². The Balaban J connectivity index is 1.67. The summed E-state index contributed by atoms with van der Waals surface area (Å²) in [4.78, 5) is 22.0. The smallest absolute Gasteiger partial charge is 0.376 e. The van der Waals surface area contributed by atoms with Crippen LogP contribution in [0, 0.1) is 0 Å². The first kappa shape index (κ1) is 19.3. The molecule has 0 bridgehead atoms. The third-order valence-electron chi connectivity index (χ3n) is 5.69. The maximum absolute atomic E-state index is 11.6. The molecule has 6 nitrogen and oxygen atoms in total. The quantitative estimate of drug-likeness (QED) is 0.500. The molecule has 0 unspecified atom stereocenters. The van der Waals surface area contributed by atoms with Gasteiger partial charge in [-0.15, -0.1) is 0 Å². The number of oxazole rings is 1. The normalized spacial score (nSPS) is 15.0. The zero-order valence-electron chi connectivity index (χ0n) is 17.1. The van der Waals surface area contributed by atoms with Crippen LogP contribution in [0.3, 0.4) is 0 Å². The van der Waals surface area contributed by atoms with Crippen molar-refractivity contribution in [1.29, 1.82) is 0 Å². The zero-order chi connectivity index (χ0) is 21.2. The number of hydrogen-bond donors (Lipinski definition) is 0. The highest BCUT2D eigenvalue weighted by Crippen LogP contribution is 2.30. The first-order valence-corrected chi connectivity index (χ1v) is 10.6. The lowest BCUT2D eigenvalue weighted by Crippen LogP contribution is -2.30. The SMILES string of the molecule is O=C([O-])C/C(=C\c1cc2ccccc2nc1N1CCCCC1)c1[nH+]c2ccccc2o1. The number of carbonyl (C=O) groups is 1. The summed E-state index contributed by atoms with van der Waals surface area (Å²) in [6.45, 7) is 1.89. The molecule has 3 heterocycles. The van der Waals surface area contributed by atoms with E-state index in [0.717, 1.165) is 53.7 Å². The van der Waals surface area contributed by atoms with Gasteiger partial charge >= 0.3 is 5.89 Å². The second-order valence-corrected chi connectivity index (χ2v) is 7.91. The van der Waals surface area contributed by atoms with Crippen LogP contribution in [0.15, 0.2) is 59.0 Å². The van der Waals surface area contributed by atoms with Gasteiger partial charge in [-0.3, -0.25) is 0 Å². The predicted molar refractivity (Wildman–Crippen MR) is 118 cm³/mol. The molecule has 156 valence electrons. The summed E-state index contributed by atoms with van der Waals surface area (Å²) >= 11 is 0. The Morgan fingerprint density at radius 2 is 1.87 bits per heavy atom. The van der Waals surface area contributed by atoms with E-state index in [-0.39, 0.29) is 6.42 Å². The molecule has 31 heavy (non-hydrogen) atoms. The number of nitrogens with one attached hydrogen (secondary N) is 1. The first-order chi connectivity index (χ1) is 15.2. The Bertz CT molecular complexity index is 1250. The Morgan fingerprint density at radius 3 is 2.68 bits per heavy atom. The molecule has 1 fully saturated rings. The third kappa shape index (κ3) is 4.01. The third-order valence-corrected chi connectivity index (χ3v) is 5.69. The lowest BCUT2D eigenvalue weighted by Gasteiger charge is -2.29. The Kier molecular flexibility index (Phi) is 5.12. The fourth-order valence-electron chi connectivity index (χ4n) is 4.19. The van der Waals surface area contributed by atoms with Gasteiger partial charge in [0.05, 0.1) is 11.1 Å². The number of aromatic nitrogens is 2. The number of carbonyl (C=O) groups excluding carboxylic acids is 1. The van der Waals surface area contributed by atoms with Crippen LogP contribution in [0.1, 0.15) is 37.1 Å². The van der Waals surface area contributed by atoms with Gasteiger partial charge in [-0.1, -0.05) is 30.3 Å². The molecule has 6 heteroatoms. The van der Waals surface area contributed by atoms with E-state index < -0.39 is 5.97 Å². The van der Waals surface area contributed by atoms with Crippen molar-refractivity contribution in [3.63, 3.8) is 0 Å². The molecule has 0 spiro atoms. The molecule has 0 aliphatic carbocycles. The Morgan fingerprint density at radius 1 is 1.10 bits per heavy atom. The van der Waals surface area contributed by atoms with Crippen molar-refractivity contribution < 1.29 is 19.3 Å². The summed E-state index contributed by atoms with van der Waals surface area (Å²) in [7, 11) is 0. The van der Waals surface area contributed by atoms with Gasteiger partial charge in [0.1, 0.15) is 5.82 Å². The van der Waals surface area contributed by atoms with E-state index in [9.17, 15) is 9.90 Å². The number of fused-ring (bicyclic) bond motifs is 2. The van der Waals surface area contributed by atoms with E-state index in [1.165, 1.54) is 6.42 Å². The van der Waals surface area contributed by atoms with E-state index in [1.54, 1.807) is 0 Å². The van der Waals surface area contributed by atoms with Gasteiger partial charge in [0.25, 0.3) is 0 Å². The van der Waals surface area contributed by atoms with Gasteiger partial charge in [0.15, 0.2) is 0 Å². The lowest BCUT2D eigenvalue weighted by atomic mass is 10.0. The van der Waals surface area contributed by atoms with Crippen molar-refractivity contribution in [3.8, 4) is 0 Å². The fraction of sp³-hybridized carbons (Fsp3) is 0.240. The number of aliphatic carboxylic acids is 1. The van der Waals surface area contributed by atoms with Crippen LogP contribution in [0.4, 0.5) is 5.82 Å². The van der Waals surface area contributed by atoms with E-state index >= 15 is 0 Å². The van der Waals surface area contributed by atoms with E-state index in [4.69, 9.17) is 9.40 Å². The highest BCUT2D eigenvalue weighted by molar-refractivity contribution is 5.93. The van der Waals surface area contributed by atoms with Crippen LogP contribution in [-0.4, -0.2) is 24.0 Å². The number of benzene rings is 2. The van der Waals surface area contributed by atoms with Gasteiger partial charge in [-0.25, -0.2) is 4.98 Å². The largest absolute Gasteiger partial charge is 0.550 e. The maximum atomic E-state index is 11.6. The average molecular weight is 413 g/mol. The monoisotopic (exact) mass is 413 g/mol.